The highest BCUT2D eigenvalue weighted by molar-refractivity contribution is 7.92. The van der Waals surface area contributed by atoms with E-state index in [2.05, 4.69) is 22.2 Å². The number of anilines is 2. The molecule has 0 amide bonds. The molecule has 0 saturated carbocycles. The van der Waals surface area contributed by atoms with Gasteiger partial charge < -0.3 is 5.32 Å². The Bertz CT molecular complexity index is 1420. The third-order valence-corrected chi connectivity index (χ3v) is 8.36. The standard InChI is InChI=1S/C25H19Cl2F3N2O2S/c26-15-6-4-14(5-7-15)24-19-3-1-2-18(19)20-13-17(9-11-23(20)31-24)35(33,34)32-16-8-10-22(27)21(12-16)25(28,29)30/h1-2,4-13,18-19,24,31-32H,3H2/t18-,19+,24+/m0/s1. The maximum absolute atomic E-state index is 13.2. The Kier molecular flexibility index (Phi) is 6.02. The molecule has 0 fully saturated rings. The minimum Gasteiger partial charge on any atom is -0.378 e. The number of allylic oxidation sites excluding steroid dienone is 2. The van der Waals surface area contributed by atoms with Gasteiger partial charge in [0.25, 0.3) is 10.0 Å². The quantitative estimate of drug-likeness (QED) is 0.335. The molecule has 0 bridgehead atoms. The molecule has 10 heteroatoms. The summed E-state index contributed by atoms with van der Waals surface area (Å²) in [6.45, 7) is 0. The molecule has 0 saturated heterocycles. The predicted molar refractivity (Wildman–Crippen MR) is 132 cm³/mol. The van der Waals surface area contributed by atoms with E-state index in [1.807, 2.05) is 24.3 Å². The summed E-state index contributed by atoms with van der Waals surface area (Å²) >= 11 is 11.7. The SMILES string of the molecule is O=S(=O)(Nc1ccc(Cl)c(C(F)(F)F)c1)c1ccc2c(c1)[C@H]1C=CC[C@H]1[C@@H](c1ccc(Cl)cc1)N2. The first-order valence-electron chi connectivity index (χ1n) is 10.7. The van der Waals surface area contributed by atoms with E-state index in [-0.39, 0.29) is 28.5 Å². The number of hydrogen-bond donors (Lipinski definition) is 2. The number of rotatable bonds is 4. The molecule has 4 nitrogen and oxygen atoms in total. The van der Waals surface area contributed by atoms with Gasteiger partial charge in [-0.25, -0.2) is 8.42 Å². The van der Waals surface area contributed by atoms with E-state index in [9.17, 15) is 21.6 Å². The van der Waals surface area contributed by atoms with Crippen molar-refractivity contribution >= 4 is 44.6 Å². The lowest BCUT2D eigenvalue weighted by molar-refractivity contribution is -0.137. The number of alkyl halides is 3. The second kappa shape index (κ2) is 8.76. The van der Waals surface area contributed by atoms with Crippen molar-refractivity contribution < 1.29 is 21.6 Å². The van der Waals surface area contributed by atoms with Gasteiger partial charge in [-0.2, -0.15) is 13.2 Å². The van der Waals surface area contributed by atoms with Crippen LogP contribution < -0.4 is 10.0 Å². The maximum Gasteiger partial charge on any atom is 0.417 e. The van der Waals surface area contributed by atoms with E-state index in [1.165, 1.54) is 12.1 Å². The summed E-state index contributed by atoms with van der Waals surface area (Å²) in [6.07, 6.45) is 0.276. The van der Waals surface area contributed by atoms with Crippen molar-refractivity contribution in [1.29, 1.82) is 0 Å². The van der Waals surface area contributed by atoms with Crippen molar-refractivity contribution in [2.24, 2.45) is 5.92 Å². The first-order valence-corrected chi connectivity index (χ1v) is 13.0. The lowest BCUT2D eigenvalue weighted by Crippen LogP contribution is -2.29. The van der Waals surface area contributed by atoms with Crippen LogP contribution in [0, 0.1) is 5.92 Å². The molecule has 182 valence electrons. The molecule has 0 aromatic heterocycles. The van der Waals surface area contributed by atoms with Gasteiger partial charge in [0.2, 0.25) is 0 Å². The second-order valence-electron chi connectivity index (χ2n) is 8.57. The van der Waals surface area contributed by atoms with Crippen LogP contribution in [0.25, 0.3) is 0 Å². The molecular weight excluding hydrogens is 520 g/mol. The van der Waals surface area contributed by atoms with E-state index in [0.717, 1.165) is 29.3 Å². The largest absolute Gasteiger partial charge is 0.417 e. The number of halogens is 5. The van der Waals surface area contributed by atoms with Gasteiger partial charge in [-0.05, 0) is 72.0 Å². The Morgan fingerprint density at radius 1 is 0.971 bits per heavy atom. The Hall–Kier alpha value is -2.68. The molecule has 1 heterocycles. The molecule has 3 aromatic rings. The van der Waals surface area contributed by atoms with Crippen LogP contribution >= 0.6 is 23.2 Å². The minimum atomic E-state index is -4.71. The van der Waals surface area contributed by atoms with Gasteiger partial charge in [0.05, 0.1) is 21.5 Å². The van der Waals surface area contributed by atoms with Gasteiger partial charge in [0, 0.05) is 22.3 Å². The van der Waals surface area contributed by atoms with Crippen molar-refractivity contribution in [3.05, 3.63) is 99.6 Å². The Morgan fingerprint density at radius 3 is 2.43 bits per heavy atom. The van der Waals surface area contributed by atoms with Crippen molar-refractivity contribution in [2.75, 3.05) is 10.0 Å². The summed E-state index contributed by atoms with van der Waals surface area (Å²) < 4.78 is 67.9. The molecule has 0 spiro atoms. The maximum atomic E-state index is 13.2. The van der Waals surface area contributed by atoms with Crippen LogP contribution in [0.2, 0.25) is 10.0 Å². The van der Waals surface area contributed by atoms with Gasteiger partial charge in [-0.15, -0.1) is 0 Å². The van der Waals surface area contributed by atoms with E-state index in [0.29, 0.717) is 11.1 Å². The summed E-state index contributed by atoms with van der Waals surface area (Å²) in [4.78, 5) is -0.0365. The summed E-state index contributed by atoms with van der Waals surface area (Å²) in [6, 6.07) is 15.3. The number of sulfonamides is 1. The lowest BCUT2D eigenvalue weighted by atomic mass is 9.77. The van der Waals surface area contributed by atoms with Crippen LogP contribution in [0.1, 0.15) is 35.1 Å². The Morgan fingerprint density at radius 2 is 1.71 bits per heavy atom. The molecular formula is C25H19Cl2F3N2O2S. The molecule has 3 aromatic carbocycles. The van der Waals surface area contributed by atoms with Crippen molar-refractivity contribution in [3.63, 3.8) is 0 Å². The normalized spacial score (nSPS) is 21.2. The van der Waals surface area contributed by atoms with Crippen molar-refractivity contribution in [1.82, 2.24) is 0 Å². The number of fused-ring (bicyclic) bond motifs is 3. The van der Waals surface area contributed by atoms with Crippen LogP contribution in [-0.2, 0) is 16.2 Å². The predicted octanol–water partition coefficient (Wildman–Crippen LogP) is 7.64. The molecule has 0 unspecified atom stereocenters. The van der Waals surface area contributed by atoms with Gasteiger partial charge in [0.15, 0.2) is 0 Å². The van der Waals surface area contributed by atoms with Crippen LogP contribution in [0.5, 0.6) is 0 Å². The van der Waals surface area contributed by atoms with Gasteiger partial charge in [-0.3, -0.25) is 4.72 Å². The molecule has 35 heavy (non-hydrogen) atoms. The molecule has 1 aliphatic carbocycles. The fraction of sp³-hybridized carbons (Fsp3) is 0.200. The van der Waals surface area contributed by atoms with Crippen molar-refractivity contribution in [3.8, 4) is 0 Å². The van der Waals surface area contributed by atoms with E-state index in [4.69, 9.17) is 23.2 Å². The summed E-state index contributed by atoms with van der Waals surface area (Å²) in [5.74, 6) is 0.176. The molecule has 0 radical (unpaired) electrons. The van der Waals surface area contributed by atoms with Crippen LogP contribution in [-0.4, -0.2) is 8.42 Å². The number of nitrogens with one attached hydrogen (secondary N) is 2. The average molecular weight is 539 g/mol. The summed E-state index contributed by atoms with van der Waals surface area (Å²) in [5, 5.41) is 3.67. The lowest BCUT2D eigenvalue weighted by Gasteiger charge is -2.37. The highest BCUT2D eigenvalue weighted by Gasteiger charge is 2.38. The summed E-state index contributed by atoms with van der Waals surface area (Å²) in [7, 11) is -4.15. The molecule has 3 atom stereocenters. The second-order valence-corrected chi connectivity index (χ2v) is 11.1. The van der Waals surface area contributed by atoms with E-state index in [1.54, 1.807) is 12.1 Å². The zero-order valence-electron chi connectivity index (χ0n) is 18.0. The summed E-state index contributed by atoms with van der Waals surface area (Å²) in [5.41, 5.74) is 1.38. The molecule has 5 rings (SSSR count). The highest BCUT2D eigenvalue weighted by atomic mass is 35.5. The first kappa shape index (κ1) is 24.0. The minimum absolute atomic E-state index is 0.00515. The number of benzene rings is 3. The van der Waals surface area contributed by atoms with Crippen LogP contribution in [0.15, 0.2) is 77.7 Å². The van der Waals surface area contributed by atoms with E-state index < -0.39 is 26.8 Å². The van der Waals surface area contributed by atoms with Crippen LogP contribution in [0.4, 0.5) is 24.5 Å². The molecule has 2 N–H and O–H groups in total. The van der Waals surface area contributed by atoms with Crippen molar-refractivity contribution in [2.45, 2.75) is 29.5 Å². The van der Waals surface area contributed by atoms with E-state index >= 15 is 0 Å². The zero-order chi connectivity index (χ0) is 25.0. The monoisotopic (exact) mass is 538 g/mol. The Balaban J connectivity index is 1.46. The average Bonchev–Trinajstić information content (AvgIpc) is 3.29. The van der Waals surface area contributed by atoms with Gasteiger partial charge >= 0.3 is 6.18 Å². The zero-order valence-corrected chi connectivity index (χ0v) is 20.3. The first-order chi connectivity index (χ1) is 16.5. The van der Waals surface area contributed by atoms with Crippen LogP contribution in [0.3, 0.4) is 0 Å². The third-order valence-electron chi connectivity index (χ3n) is 6.40. The fourth-order valence-electron chi connectivity index (χ4n) is 4.76. The molecule has 2 aliphatic rings. The smallest absolute Gasteiger partial charge is 0.378 e. The molecule has 1 aliphatic heterocycles. The fourth-order valence-corrected chi connectivity index (χ4v) is 6.19. The Labute approximate surface area is 210 Å². The highest BCUT2D eigenvalue weighted by Crippen LogP contribution is 2.50. The third kappa shape index (κ3) is 4.62. The van der Waals surface area contributed by atoms with Gasteiger partial charge in [0.1, 0.15) is 0 Å². The topological polar surface area (TPSA) is 58.2 Å². The van der Waals surface area contributed by atoms with Gasteiger partial charge in [-0.1, -0.05) is 47.5 Å². The number of hydrogen-bond acceptors (Lipinski definition) is 3.